The summed E-state index contributed by atoms with van der Waals surface area (Å²) in [5.41, 5.74) is 1.10. The van der Waals surface area contributed by atoms with Gasteiger partial charge in [0.1, 0.15) is 0 Å². The van der Waals surface area contributed by atoms with E-state index in [0.29, 0.717) is 29.0 Å². The first-order valence-corrected chi connectivity index (χ1v) is 9.31. The summed E-state index contributed by atoms with van der Waals surface area (Å²) in [7, 11) is 1.46. The van der Waals surface area contributed by atoms with Gasteiger partial charge in [-0.25, -0.2) is 4.79 Å². The van der Waals surface area contributed by atoms with Gasteiger partial charge in [-0.15, -0.1) is 10.2 Å². The number of nitrogens with one attached hydrogen (secondary N) is 2. The van der Waals surface area contributed by atoms with E-state index in [2.05, 4.69) is 20.8 Å². The lowest BCUT2D eigenvalue weighted by atomic mass is 10.2. The molecule has 2 N–H and O–H groups in total. The maximum atomic E-state index is 11.7. The van der Waals surface area contributed by atoms with Crippen LogP contribution >= 0.6 is 11.8 Å². The second kappa shape index (κ2) is 9.04. The molecular weight excluding hydrogens is 366 g/mol. The largest absolute Gasteiger partial charge is 0.461 e. The molecule has 3 amide bonds. The highest BCUT2D eigenvalue weighted by Crippen LogP contribution is 2.25. The molecule has 8 nitrogen and oxygen atoms in total. The second-order valence-corrected chi connectivity index (χ2v) is 6.64. The molecule has 0 aliphatic carbocycles. The Balaban J connectivity index is 1.73. The monoisotopic (exact) mass is 385 g/mol. The zero-order valence-corrected chi connectivity index (χ0v) is 15.5. The van der Waals surface area contributed by atoms with Crippen molar-refractivity contribution in [2.75, 3.05) is 12.8 Å². The van der Waals surface area contributed by atoms with Crippen LogP contribution in [0.25, 0.3) is 11.6 Å². The lowest BCUT2D eigenvalue weighted by molar-refractivity contribution is -0.119. The van der Waals surface area contributed by atoms with Crippen LogP contribution in [0.4, 0.5) is 4.79 Å². The number of hydrogen-bond donors (Lipinski definition) is 2. The second-order valence-electron chi connectivity index (χ2n) is 5.58. The summed E-state index contributed by atoms with van der Waals surface area (Å²) >= 11 is 1.40. The van der Waals surface area contributed by atoms with Crippen LogP contribution in [0.1, 0.15) is 12.0 Å². The number of thioether (sulfide) groups is 1. The predicted octanol–water partition coefficient (Wildman–Crippen LogP) is 2.52. The van der Waals surface area contributed by atoms with Crippen molar-refractivity contribution >= 4 is 23.7 Å². The smallest absolute Gasteiger partial charge is 0.321 e. The van der Waals surface area contributed by atoms with Crippen LogP contribution in [0, 0.1) is 0 Å². The SMILES string of the molecule is CNC(=O)NC(=O)CCSc1nnc(-c2ccco2)n1Cc1ccccc1. The van der Waals surface area contributed by atoms with Crippen LogP contribution in [-0.2, 0) is 11.3 Å². The average molecular weight is 385 g/mol. The van der Waals surface area contributed by atoms with E-state index < -0.39 is 6.03 Å². The Hall–Kier alpha value is -3.07. The fourth-order valence-electron chi connectivity index (χ4n) is 2.38. The van der Waals surface area contributed by atoms with E-state index >= 15 is 0 Å². The molecule has 2 heterocycles. The molecule has 3 rings (SSSR count). The molecule has 9 heteroatoms. The standard InChI is InChI=1S/C18H19N5O3S/c1-19-17(25)20-15(24)9-11-27-18-22-21-16(14-8-5-10-26-14)23(18)12-13-6-3-2-4-7-13/h2-8,10H,9,11-12H2,1H3,(H2,19,20,24,25). The molecule has 0 spiro atoms. The highest BCUT2D eigenvalue weighted by Gasteiger charge is 2.17. The highest BCUT2D eigenvalue weighted by atomic mass is 32.2. The van der Waals surface area contributed by atoms with Gasteiger partial charge in [0, 0.05) is 19.2 Å². The minimum Gasteiger partial charge on any atom is -0.461 e. The van der Waals surface area contributed by atoms with Gasteiger partial charge >= 0.3 is 6.03 Å². The number of carbonyl (C=O) groups excluding carboxylic acids is 2. The van der Waals surface area contributed by atoms with Crippen molar-refractivity contribution in [1.82, 2.24) is 25.4 Å². The lowest BCUT2D eigenvalue weighted by Crippen LogP contribution is -2.37. The number of urea groups is 1. The molecule has 0 saturated carbocycles. The number of nitrogens with zero attached hydrogens (tertiary/aromatic N) is 3. The fourth-order valence-corrected chi connectivity index (χ4v) is 3.25. The van der Waals surface area contributed by atoms with E-state index in [1.54, 1.807) is 12.3 Å². The number of rotatable bonds is 7. The Morgan fingerprint density at radius 1 is 1.15 bits per heavy atom. The molecule has 1 aromatic carbocycles. The van der Waals surface area contributed by atoms with Gasteiger partial charge in [-0.2, -0.15) is 0 Å². The van der Waals surface area contributed by atoms with Gasteiger partial charge < -0.3 is 9.73 Å². The van der Waals surface area contributed by atoms with E-state index in [9.17, 15) is 9.59 Å². The van der Waals surface area contributed by atoms with Crippen LogP contribution in [0.3, 0.4) is 0 Å². The Morgan fingerprint density at radius 3 is 2.67 bits per heavy atom. The summed E-state index contributed by atoms with van der Waals surface area (Å²) in [6.45, 7) is 0.580. The third kappa shape index (κ3) is 4.98. The van der Waals surface area contributed by atoms with E-state index in [1.165, 1.54) is 18.8 Å². The first-order chi connectivity index (χ1) is 13.2. The molecule has 0 bridgehead atoms. The van der Waals surface area contributed by atoms with E-state index in [4.69, 9.17) is 4.42 Å². The number of hydrogen-bond acceptors (Lipinski definition) is 6. The van der Waals surface area contributed by atoms with Crippen LogP contribution in [0.2, 0.25) is 0 Å². The highest BCUT2D eigenvalue weighted by molar-refractivity contribution is 7.99. The van der Waals surface area contributed by atoms with Crippen LogP contribution < -0.4 is 10.6 Å². The van der Waals surface area contributed by atoms with Gasteiger partial charge in [-0.3, -0.25) is 14.7 Å². The van der Waals surface area contributed by atoms with Crippen LogP contribution in [-0.4, -0.2) is 39.5 Å². The first-order valence-electron chi connectivity index (χ1n) is 8.32. The van der Waals surface area contributed by atoms with Crippen LogP contribution in [0.5, 0.6) is 0 Å². The molecule has 140 valence electrons. The average Bonchev–Trinajstić information content (AvgIpc) is 3.33. The van der Waals surface area contributed by atoms with Gasteiger partial charge in [0.15, 0.2) is 10.9 Å². The summed E-state index contributed by atoms with van der Waals surface area (Å²) in [5.74, 6) is 1.37. The summed E-state index contributed by atoms with van der Waals surface area (Å²) in [6, 6.07) is 13.1. The molecule has 2 aromatic heterocycles. The fraction of sp³-hybridized carbons (Fsp3) is 0.222. The van der Waals surface area contributed by atoms with E-state index in [1.807, 2.05) is 41.0 Å². The van der Waals surface area contributed by atoms with Crippen molar-refractivity contribution in [2.24, 2.45) is 0 Å². The molecule has 0 unspecified atom stereocenters. The van der Waals surface area contributed by atoms with E-state index in [0.717, 1.165) is 5.56 Å². The molecule has 0 saturated heterocycles. The number of benzene rings is 1. The molecule has 0 radical (unpaired) electrons. The van der Waals surface area contributed by atoms with E-state index in [-0.39, 0.29) is 12.3 Å². The Morgan fingerprint density at radius 2 is 1.96 bits per heavy atom. The quantitative estimate of drug-likeness (QED) is 0.606. The number of amides is 3. The van der Waals surface area contributed by atoms with Crippen molar-refractivity contribution < 1.29 is 14.0 Å². The lowest BCUT2D eigenvalue weighted by Gasteiger charge is -2.09. The van der Waals surface area contributed by atoms with Gasteiger partial charge in [0.25, 0.3) is 0 Å². The summed E-state index contributed by atoms with van der Waals surface area (Å²) < 4.78 is 7.42. The first kappa shape index (κ1) is 18.7. The number of aromatic nitrogens is 3. The normalized spacial score (nSPS) is 10.6. The molecule has 0 aliphatic heterocycles. The maximum Gasteiger partial charge on any atom is 0.321 e. The van der Waals surface area contributed by atoms with Crippen molar-refractivity contribution in [2.45, 2.75) is 18.1 Å². The predicted molar refractivity (Wildman–Crippen MR) is 101 cm³/mol. The Bertz CT molecular complexity index is 893. The number of imide groups is 1. The van der Waals surface area contributed by atoms with Crippen molar-refractivity contribution in [1.29, 1.82) is 0 Å². The van der Waals surface area contributed by atoms with Crippen molar-refractivity contribution in [3.8, 4) is 11.6 Å². The maximum absolute atomic E-state index is 11.7. The summed E-state index contributed by atoms with van der Waals surface area (Å²) in [4.78, 5) is 22.9. The topological polar surface area (TPSA) is 102 Å². The summed E-state index contributed by atoms with van der Waals surface area (Å²) in [6.07, 6.45) is 1.78. The van der Waals surface area contributed by atoms with Gasteiger partial charge in [0.05, 0.1) is 12.8 Å². The summed E-state index contributed by atoms with van der Waals surface area (Å²) in [5, 5.41) is 13.8. The minimum atomic E-state index is -0.516. The number of furan rings is 1. The molecule has 0 fully saturated rings. The van der Waals surface area contributed by atoms with Crippen LogP contribution in [0.15, 0.2) is 58.3 Å². The molecule has 27 heavy (non-hydrogen) atoms. The minimum absolute atomic E-state index is 0.187. The zero-order chi connectivity index (χ0) is 19.1. The van der Waals surface area contributed by atoms with Crippen molar-refractivity contribution in [3.63, 3.8) is 0 Å². The Kier molecular flexibility index (Phi) is 6.26. The van der Waals surface area contributed by atoms with Gasteiger partial charge in [0.2, 0.25) is 11.7 Å². The van der Waals surface area contributed by atoms with Gasteiger partial charge in [-0.1, -0.05) is 42.1 Å². The third-order valence-electron chi connectivity index (χ3n) is 3.68. The Labute approximate surface area is 160 Å². The third-order valence-corrected chi connectivity index (χ3v) is 4.65. The molecule has 0 atom stereocenters. The zero-order valence-electron chi connectivity index (χ0n) is 14.7. The van der Waals surface area contributed by atoms with Crippen molar-refractivity contribution in [3.05, 3.63) is 54.3 Å². The molecule has 0 aliphatic rings. The van der Waals surface area contributed by atoms with Gasteiger partial charge in [-0.05, 0) is 17.7 Å². The molecule has 3 aromatic rings. The number of carbonyl (C=O) groups is 2. The molecular formula is C18H19N5O3S.